The number of nitrogens with one attached hydrogen (secondary N) is 1. The monoisotopic (exact) mass is 313 g/mol. The number of halogens is 1. The summed E-state index contributed by atoms with van der Waals surface area (Å²) in [5.74, 6) is -2.63. The largest absolute Gasteiger partial charge is 0.481 e. The van der Waals surface area contributed by atoms with E-state index in [1.807, 2.05) is 32.0 Å². The van der Waals surface area contributed by atoms with Crippen molar-refractivity contribution in [2.75, 3.05) is 0 Å². The van der Waals surface area contributed by atoms with Gasteiger partial charge in [0.15, 0.2) is 0 Å². The van der Waals surface area contributed by atoms with Gasteiger partial charge in [0.05, 0.1) is 6.04 Å². The molecule has 0 aliphatic carbocycles. The van der Waals surface area contributed by atoms with Crippen molar-refractivity contribution in [3.63, 3.8) is 0 Å². The topological polar surface area (TPSA) is 66.4 Å². The Morgan fingerprint density at radius 3 is 2.44 bits per heavy atom. The first-order valence-corrected chi connectivity index (χ1v) is 6.41. The minimum absolute atomic E-state index is 0.217. The molecule has 5 heteroatoms. The van der Waals surface area contributed by atoms with Gasteiger partial charge in [-0.1, -0.05) is 28.1 Å². The van der Waals surface area contributed by atoms with Crippen LogP contribution in [0.1, 0.15) is 31.0 Å². The number of carboxylic acids is 1. The number of amides is 1. The van der Waals surface area contributed by atoms with E-state index in [0.29, 0.717) is 0 Å². The molecule has 4 nitrogen and oxygen atoms in total. The highest BCUT2D eigenvalue weighted by atomic mass is 79.9. The second-order valence-corrected chi connectivity index (χ2v) is 5.15. The molecular weight excluding hydrogens is 298 g/mol. The lowest BCUT2D eigenvalue weighted by Crippen LogP contribution is -2.35. The third kappa shape index (κ3) is 3.57. The highest BCUT2D eigenvalue weighted by Crippen LogP contribution is 2.21. The molecule has 18 heavy (non-hydrogen) atoms. The molecule has 1 amide bonds. The van der Waals surface area contributed by atoms with Crippen LogP contribution in [0.5, 0.6) is 0 Å². The summed E-state index contributed by atoms with van der Waals surface area (Å²) >= 11 is 3.41. The molecule has 0 aliphatic rings. The molecule has 0 heterocycles. The third-order valence-corrected chi connectivity index (χ3v) is 3.69. The summed E-state index contributed by atoms with van der Waals surface area (Å²) in [5.41, 5.74) is 2.02. The van der Waals surface area contributed by atoms with Gasteiger partial charge in [0.1, 0.15) is 5.92 Å². The Kier molecular flexibility index (Phi) is 4.90. The van der Waals surface area contributed by atoms with Crippen molar-refractivity contribution in [1.29, 1.82) is 0 Å². The van der Waals surface area contributed by atoms with Crippen molar-refractivity contribution in [1.82, 2.24) is 5.32 Å². The number of benzene rings is 1. The lowest BCUT2D eigenvalue weighted by Gasteiger charge is -2.17. The zero-order chi connectivity index (χ0) is 13.9. The molecule has 1 aromatic rings. The van der Waals surface area contributed by atoms with Crippen LogP contribution in [0, 0.1) is 12.8 Å². The average Bonchev–Trinajstić information content (AvgIpc) is 2.31. The van der Waals surface area contributed by atoms with Gasteiger partial charge in [0.25, 0.3) is 0 Å². The SMILES string of the molecule is Cc1cc([C@@H](C)NC(=O)C(C)C(=O)O)ccc1Br. The summed E-state index contributed by atoms with van der Waals surface area (Å²) in [6, 6.07) is 5.55. The first-order valence-electron chi connectivity index (χ1n) is 5.62. The van der Waals surface area contributed by atoms with Crippen molar-refractivity contribution >= 4 is 27.8 Å². The summed E-state index contributed by atoms with van der Waals surface area (Å²) < 4.78 is 1.00. The van der Waals surface area contributed by atoms with Crippen molar-refractivity contribution in [2.45, 2.75) is 26.8 Å². The van der Waals surface area contributed by atoms with Gasteiger partial charge in [-0.3, -0.25) is 9.59 Å². The maximum atomic E-state index is 11.6. The standard InChI is InChI=1S/C13H16BrNO3/c1-7-6-10(4-5-11(7)14)9(3)15-12(16)8(2)13(17)18/h4-6,8-9H,1-3H3,(H,15,16)(H,17,18)/t8?,9-/m1/s1. The maximum Gasteiger partial charge on any atom is 0.315 e. The van der Waals surface area contributed by atoms with E-state index in [-0.39, 0.29) is 6.04 Å². The fourth-order valence-corrected chi connectivity index (χ4v) is 1.72. The van der Waals surface area contributed by atoms with E-state index in [1.54, 1.807) is 0 Å². The highest BCUT2D eigenvalue weighted by Gasteiger charge is 2.22. The molecule has 0 bridgehead atoms. The van der Waals surface area contributed by atoms with Gasteiger partial charge in [-0.2, -0.15) is 0 Å². The predicted octanol–water partition coefficient (Wildman–Crippen LogP) is 2.66. The molecule has 98 valence electrons. The molecule has 1 aromatic carbocycles. The number of carbonyl (C=O) groups excluding carboxylic acids is 1. The van der Waals surface area contributed by atoms with Crippen molar-refractivity contribution in [3.05, 3.63) is 33.8 Å². The Hall–Kier alpha value is -1.36. The molecule has 0 aromatic heterocycles. The van der Waals surface area contributed by atoms with E-state index in [9.17, 15) is 9.59 Å². The van der Waals surface area contributed by atoms with Gasteiger partial charge >= 0.3 is 5.97 Å². The lowest BCUT2D eigenvalue weighted by molar-refractivity contribution is -0.146. The number of hydrogen-bond donors (Lipinski definition) is 2. The molecule has 2 atom stereocenters. The maximum absolute atomic E-state index is 11.6. The van der Waals surface area contributed by atoms with E-state index >= 15 is 0 Å². The Morgan fingerprint density at radius 1 is 1.33 bits per heavy atom. The smallest absolute Gasteiger partial charge is 0.315 e. The van der Waals surface area contributed by atoms with Crippen LogP contribution in [0.15, 0.2) is 22.7 Å². The number of hydrogen-bond acceptors (Lipinski definition) is 2. The van der Waals surface area contributed by atoms with Gasteiger partial charge in [-0.25, -0.2) is 0 Å². The van der Waals surface area contributed by atoms with Crippen molar-refractivity contribution in [3.8, 4) is 0 Å². The summed E-state index contributed by atoms with van der Waals surface area (Å²) in [4.78, 5) is 22.3. The number of carboxylic acid groups (broad SMARTS) is 1. The zero-order valence-electron chi connectivity index (χ0n) is 10.5. The van der Waals surface area contributed by atoms with E-state index < -0.39 is 17.8 Å². The van der Waals surface area contributed by atoms with Crippen molar-refractivity contribution in [2.24, 2.45) is 5.92 Å². The van der Waals surface area contributed by atoms with E-state index in [2.05, 4.69) is 21.2 Å². The van der Waals surface area contributed by atoms with E-state index in [4.69, 9.17) is 5.11 Å². The van der Waals surface area contributed by atoms with Crippen LogP contribution in [-0.4, -0.2) is 17.0 Å². The van der Waals surface area contributed by atoms with Crippen LogP contribution in [0.3, 0.4) is 0 Å². The number of aliphatic carboxylic acids is 1. The van der Waals surface area contributed by atoms with Gasteiger partial charge in [-0.05, 0) is 38.0 Å². The van der Waals surface area contributed by atoms with Crippen LogP contribution in [0.2, 0.25) is 0 Å². The van der Waals surface area contributed by atoms with Crippen LogP contribution in [0.25, 0.3) is 0 Å². The van der Waals surface area contributed by atoms with E-state index in [1.165, 1.54) is 6.92 Å². The number of rotatable bonds is 4. The second kappa shape index (κ2) is 6.00. The molecule has 2 N–H and O–H groups in total. The Labute approximate surface area is 115 Å². The van der Waals surface area contributed by atoms with Crippen LogP contribution < -0.4 is 5.32 Å². The second-order valence-electron chi connectivity index (χ2n) is 4.30. The van der Waals surface area contributed by atoms with Crippen molar-refractivity contribution < 1.29 is 14.7 Å². The summed E-state index contributed by atoms with van der Waals surface area (Å²) in [6.45, 7) is 5.16. The third-order valence-electron chi connectivity index (χ3n) is 2.80. The highest BCUT2D eigenvalue weighted by molar-refractivity contribution is 9.10. The molecule has 0 aliphatic heterocycles. The Morgan fingerprint density at radius 2 is 1.94 bits per heavy atom. The molecule has 0 radical (unpaired) electrons. The molecule has 0 fully saturated rings. The van der Waals surface area contributed by atoms with Gasteiger partial charge in [0.2, 0.25) is 5.91 Å². The molecule has 1 rings (SSSR count). The molecule has 0 saturated heterocycles. The van der Waals surface area contributed by atoms with Crippen LogP contribution in [0.4, 0.5) is 0 Å². The van der Waals surface area contributed by atoms with Crippen LogP contribution in [-0.2, 0) is 9.59 Å². The Balaban J connectivity index is 2.76. The first kappa shape index (κ1) is 14.7. The van der Waals surface area contributed by atoms with Gasteiger partial charge in [0, 0.05) is 4.47 Å². The minimum Gasteiger partial charge on any atom is -0.481 e. The van der Waals surface area contributed by atoms with E-state index in [0.717, 1.165) is 15.6 Å². The summed E-state index contributed by atoms with van der Waals surface area (Å²) in [6.07, 6.45) is 0. The minimum atomic E-state index is -1.12. The fraction of sp³-hybridized carbons (Fsp3) is 0.385. The predicted molar refractivity (Wildman–Crippen MR) is 72.2 cm³/mol. The fourth-order valence-electron chi connectivity index (χ4n) is 1.47. The lowest BCUT2D eigenvalue weighted by atomic mass is 10.0. The van der Waals surface area contributed by atoms with Crippen LogP contribution >= 0.6 is 15.9 Å². The van der Waals surface area contributed by atoms with Gasteiger partial charge in [-0.15, -0.1) is 0 Å². The quantitative estimate of drug-likeness (QED) is 0.840. The normalized spacial score (nSPS) is 13.8. The number of carbonyl (C=O) groups is 2. The molecule has 0 spiro atoms. The Bertz CT molecular complexity index is 473. The first-order chi connectivity index (χ1) is 8.32. The number of aryl methyl sites for hydroxylation is 1. The molecule has 1 unspecified atom stereocenters. The molecule has 0 saturated carbocycles. The van der Waals surface area contributed by atoms with Gasteiger partial charge < -0.3 is 10.4 Å². The summed E-state index contributed by atoms with van der Waals surface area (Å²) in [7, 11) is 0. The average molecular weight is 314 g/mol. The summed E-state index contributed by atoms with van der Waals surface area (Å²) in [5, 5.41) is 11.4. The zero-order valence-corrected chi connectivity index (χ0v) is 12.1. The molecular formula is C13H16BrNO3.